The van der Waals surface area contributed by atoms with Gasteiger partial charge in [0.05, 0.1) is 22.1 Å². The molecule has 1 N–H and O–H groups in total. The number of hydrogen-bond acceptors (Lipinski definition) is 3. The summed E-state index contributed by atoms with van der Waals surface area (Å²) in [6, 6.07) is 15.5. The van der Waals surface area contributed by atoms with Crippen molar-refractivity contribution in [2.45, 2.75) is 0 Å². The van der Waals surface area contributed by atoms with E-state index in [9.17, 15) is 9.59 Å². The van der Waals surface area contributed by atoms with E-state index >= 15 is 0 Å². The van der Waals surface area contributed by atoms with Crippen LogP contribution in [-0.2, 0) is 7.05 Å². The van der Waals surface area contributed by atoms with E-state index in [1.807, 2.05) is 64.5 Å². The first kappa shape index (κ1) is 13.6. The fourth-order valence-electron chi connectivity index (χ4n) is 4.21. The highest BCUT2D eigenvalue weighted by atomic mass is 16.2. The molecule has 0 atom stereocenters. The second-order valence-electron chi connectivity index (χ2n) is 6.57. The van der Waals surface area contributed by atoms with Crippen molar-refractivity contribution in [1.82, 2.24) is 19.3 Å². The minimum atomic E-state index is -0.381. The number of fused-ring (bicyclic) bond motifs is 10. The predicted molar refractivity (Wildman–Crippen MR) is 98.5 cm³/mol. The number of nitrogens with one attached hydrogen (secondary N) is 1. The summed E-state index contributed by atoms with van der Waals surface area (Å²) >= 11 is 0. The maximum Gasteiger partial charge on any atom is 0.276 e. The molecule has 124 valence electrons. The zero-order valence-electron chi connectivity index (χ0n) is 13.8. The molecule has 1 aliphatic heterocycles. The first-order valence-electron chi connectivity index (χ1n) is 8.33. The standard InChI is InChI=1S/C20H12N4O2/c1-23-12-8-4-2-6-10(12)14-15-17(20(26)22-19(15)25)24-13-9-5-3-7-11(13)21-18(24)16(14)23/h2-9H,1H3,(H,22,25,26). The van der Waals surface area contributed by atoms with E-state index in [4.69, 9.17) is 4.98 Å². The molecule has 0 radical (unpaired) electrons. The number of amides is 2. The van der Waals surface area contributed by atoms with Crippen molar-refractivity contribution in [1.29, 1.82) is 0 Å². The summed E-state index contributed by atoms with van der Waals surface area (Å²) in [5.41, 5.74) is 4.93. The van der Waals surface area contributed by atoms with Crippen LogP contribution in [0.15, 0.2) is 48.5 Å². The van der Waals surface area contributed by atoms with Gasteiger partial charge in [0.1, 0.15) is 5.69 Å². The Kier molecular flexibility index (Phi) is 2.24. The molecule has 2 amide bonds. The van der Waals surface area contributed by atoms with Crippen LogP contribution < -0.4 is 5.32 Å². The van der Waals surface area contributed by atoms with Gasteiger partial charge < -0.3 is 4.57 Å². The Bertz CT molecular complexity index is 1460. The Morgan fingerprint density at radius 3 is 2.50 bits per heavy atom. The Morgan fingerprint density at radius 2 is 1.65 bits per heavy atom. The lowest BCUT2D eigenvalue weighted by Gasteiger charge is -2.06. The van der Waals surface area contributed by atoms with Crippen LogP contribution in [0.2, 0.25) is 0 Å². The molecule has 1 aliphatic rings. The summed E-state index contributed by atoms with van der Waals surface area (Å²) in [4.78, 5) is 30.1. The smallest absolute Gasteiger partial charge is 0.276 e. The van der Waals surface area contributed by atoms with Gasteiger partial charge in [-0.05, 0) is 18.2 Å². The minimum absolute atomic E-state index is 0.356. The zero-order chi connectivity index (χ0) is 17.6. The van der Waals surface area contributed by atoms with Gasteiger partial charge in [-0.15, -0.1) is 0 Å². The molecule has 6 heteroatoms. The molecule has 0 fully saturated rings. The van der Waals surface area contributed by atoms with Crippen molar-refractivity contribution >= 4 is 50.3 Å². The maximum absolute atomic E-state index is 12.7. The first-order chi connectivity index (χ1) is 12.7. The molecular weight excluding hydrogens is 328 g/mol. The van der Waals surface area contributed by atoms with Crippen LogP contribution in [0.4, 0.5) is 0 Å². The minimum Gasteiger partial charge on any atom is -0.341 e. The third kappa shape index (κ3) is 1.37. The molecule has 0 spiro atoms. The number of carbonyl (C=O) groups is 2. The van der Waals surface area contributed by atoms with E-state index in [-0.39, 0.29) is 11.8 Å². The molecule has 0 saturated heterocycles. The van der Waals surface area contributed by atoms with Gasteiger partial charge in [-0.2, -0.15) is 0 Å². The van der Waals surface area contributed by atoms with Crippen LogP contribution in [0.1, 0.15) is 20.8 Å². The fraction of sp³-hybridized carbons (Fsp3) is 0.0500. The molecule has 6 nitrogen and oxygen atoms in total. The van der Waals surface area contributed by atoms with E-state index in [0.29, 0.717) is 16.9 Å². The number of imide groups is 1. The SMILES string of the molecule is Cn1c2ccccc2c2c3c(n4c5ccccc5nc4c21)C(=O)NC3=O. The van der Waals surface area contributed by atoms with Crippen molar-refractivity contribution in [3.05, 3.63) is 59.8 Å². The lowest BCUT2D eigenvalue weighted by Crippen LogP contribution is -2.20. The molecule has 0 bridgehead atoms. The molecule has 5 aromatic rings. The molecular formula is C20H12N4O2. The van der Waals surface area contributed by atoms with Crippen LogP contribution in [0, 0.1) is 0 Å². The summed E-state index contributed by atoms with van der Waals surface area (Å²) in [7, 11) is 1.96. The van der Waals surface area contributed by atoms with Crippen LogP contribution in [-0.4, -0.2) is 25.8 Å². The molecule has 0 aliphatic carbocycles. The highest BCUT2D eigenvalue weighted by Gasteiger charge is 2.35. The van der Waals surface area contributed by atoms with E-state index in [1.165, 1.54) is 0 Å². The summed E-state index contributed by atoms with van der Waals surface area (Å²) in [5.74, 6) is -0.737. The van der Waals surface area contributed by atoms with Crippen molar-refractivity contribution in [2.24, 2.45) is 7.05 Å². The number of aromatic nitrogens is 3. The Morgan fingerprint density at radius 1 is 0.923 bits per heavy atom. The summed E-state index contributed by atoms with van der Waals surface area (Å²) < 4.78 is 3.86. The number of nitrogens with zero attached hydrogens (tertiary/aromatic N) is 3. The highest BCUT2D eigenvalue weighted by molar-refractivity contribution is 6.31. The average molecular weight is 340 g/mol. The third-order valence-corrected chi connectivity index (χ3v) is 5.26. The number of hydrogen-bond donors (Lipinski definition) is 1. The van der Waals surface area contributed by atoms with Crippen molar-refractivity contribution in [2.75, 3.05) is 0 Å². The van der Waals surface area contributed by atoms with Gasteiger partial charge in [0.25, 0.3) is 11.8 Å². The van der Waals surface area contributed by atoms with Crippen molar-refractivity contribution in [3.8, 4) is 0 Å². The molecule has 6 rings (SSSR count). The third-order valence-electron chi connectivity index (χ3n) is 5.26. The van der Waals surface area contributed by atoms with Crippen LogP contribution >= 0.6 is 0 Å². The Hall–Kier alpha value is -3.67. The van der Waals surface area contributed by atoms with Crippen molar-refractivity contribution in [3.63, 3.8) is 0 Å². The topological polar surface area (TPSA) is 68.4 Å². The van der Waals surface area contributed by atoms with Gasteiger partial charge in [-0.3, -0.25) is 19.3 Å². The monoisotopic (exact) mass is 340 g/mol. The van der Waals surface area contributed by atoms with Gasteiger partial charge in [0.15, 0.2) is 5.65 Å². The average Bonchev–Trinajstić information content (AvgIpc) is 3.26. The lowest BCUT2D eigenvalue weighted by atomic mass is 10.1. The quantitative estimate of drug-likeness (QED) is 0.441. The number of aryl methyl sites for hydroxylation is 1. The summed E-state index contributed by atoms with van der Waals surface area (Å²) in [5, 5.41) is 4.19. The predicted octanol–water partition coefficient (Wildman–Crippen LogP) is 3.02. The molecule has 26 heavy (non-hydrogen) atoms. The van der Waals surface area contributed by atoms with Crippen LogP contribution in [0.25, 0.3) is 38.5 Å². The largest absolute Gasteiger partial charge is 0.341 e. The number of para-hydroxylation sites is 3. The van der Waals surface area contributed by atoms with Gasteiger partial charge in [-0.1, -0.05) is 30.3 Å². The lowest BCUT2D eigenvalue weighted by molar-refractivity contribution is 0.0878. The number of carbonyl (C=O) groups excluding carboxylic acids is 2. The summed E-state index contributed by atoms with van der Waals surface area (Å²) in [6.45, 7) is 0. The normalized spacial score (nSPS) is 14.0. The van der Waals surface area contributed by atoms with Crippen LogP contribution in [0.5, 0.6) is 0 Å². The number of pyridine rings is 1. The van der Waals surface area contributed by atoms with Gasteiger partial charge in [0.2, 0.25) is 0 Å². The molecule has 3 aromatic heterocycles. The highest BCUT2D eigenvalue weighted by Crippen LogP contribution is 2.38. The van der Waals surface area contributed by atoms with Gasteiger partial charge in [0, 0.05) is 23.3 Å². The van der Waals surface area contributed by atoms with Gasteiger partial charge in [-0.25, -0.2) is 4.98 Å². The zero-order valence-corrected chi connectivity index (χ0v) is 13.8. The van der Waals surface area contributed by atoms with Crippen LogP contribution in [0.3, 0.4) is 0 Å². The molecule has 2 aromatic carbocycles. The number of rotatable bonds is 0. The molecule has 0 unspecified atom stereocenters. The van der Waals surface area contributed by atoms with E-state index in [2.05, 4.69) is 5.32 Å². The Labute approximate surface area is 146 Å². The summed E-state index contributed by atoms with van der Waals surface area (Å²) in [6.07, 6.45) is 0. The van der Waals surface area contributed by atoms with E-state index in [0.717, 1.165) is 32.8 Å². The fourth-order valence-corrected chi connectivity index (χ4v) is 4.21. The first-order valence-corrected chi connectivity index (χ1v) is 8.33. The Balaban J connectivity index is 2.07. The molecule has 0 saturated carbocycles. The maximum atomic E-state index is 12.7. The second kappa shape index (κ2) is 4.29. The number of benzene rings is 2. The van der Waals surface area contributed by atoms with Gasteiger partial charge >= 0.3 is 0 Å². The van der Waals surface area contributed by atoms with E-state index in [1.54, 1.807) is 0 Å². The van der Waals surface area contributed by atoms with Crippen molar-refractivity contribution < 1.29 is 9.59 Å². The molecule has 4 heterocycles. The second-order valence-corrected chi connectivity index (χ2v) is 6.57. The number of imidazole rings is 1. The van der Waals surface area contributed by atoms with E-state index < -0.39 is 0 Å².